The first-order valence-electron chi connectivity index (χ1n) is 4.33. The average molecular weight is 167 g/mol. The predicted octanol–water partition coefficient (Wildman–Crippen LogP) is -0.0940. The van der Waals surface area contributed by atoms with E-state index in [1.165, 1.54) is 6.42 Å². The monoisotopic (exact) mass is 167 g/mol. The van der Waals surface area contributed by atoms with Gasteiger partial charge in [-0.3, -0.25) is 0 Å². The lowest BCUT2D eigenvalue weighted by Gasteiger charge is -2.20. The minimum absolute atomic E-state index is 0.403. The summed E-state index contributed by atoms with van der Waals surface area (Å²) in [6.45, 7) is 3.94. The molecule has 0 aromatic carbocycles. The molecule has 1 aliphatic rings. The maximum absolute atomic E-state index is 4.19. The van der Waals surface area contributed by atoms with Crippen molar-refractivity contribution in [2.45, 2.75) is 25.8 Å². The van der Waals surface area contributed by atoms with E-state index in [0.29, 0.717) is 6.04 Å². The molecule has 2 rings (SSSR count). The molecule has 1 N–H and O–H groups in total. The van der Waals surface area contributed by atoms with Crippen molar-refractivity contribution < 1.29 is 0 Å². The molecule has 1 aromatic rings. The van der Waals surface area contributed by atoms with Crippen molar-refractivity contribution in [3.8, 4) is 0 Å². The van der Waals surface area contributed by atoms with Crippen molar-refractivity contribution in [2.75, 3.05) is 13.1 Å². The minimum Gasteiger partial charge on any atom is -0.315 e. The maximum atomic E-state index is 4.19. The van der Waals surface area contributed by atoms with Gasteiger partial charge < -0.3 is 5.32 Å². The van der Waals surface area contributed by atoms with Gasteiger partial charge in [0, 0.05) is 6.54 Å². The molecule has 0 saturated carbocycles. The molecule has 1 saturated heterocycles. The van der Waals surface area contributed by atoms with Crippen LogP contribution in [0.1, 0.15) is 24.7 Å². The summed E-state index contributed by atoms with van der Waals surface area (Å²) < 4.78 is 0. The molecule has 66 valence electrons. The Morgan fingerprint density at radius 1 is 1.58 bits per heavy atom. The number of hydrogen-bond donors (Lipinski definition) is 1. The highest BCUT2D eigenvalue weighted by molar-refractivity contribution is 4.74. The molecule has 12 heavy (non-hydrogen) atoms. The van der Waals surface area contributed by atoms with Gasteiger partial charge in [0.1, 0.15) is 0 Å². The van der Waals surface area contributed by atoms with E-state index in [2.05, 4.69) is 20.7 Å². The molecule has 0 bridgehead atoms. The molecule has 5 nitrogen and oxygen atoms in total. The minimum atomic E-state index is 0.403. The van der Waals surface area contributed by atoms with Crippen LogP contribution in [0, 0.1) is 6.92 Å². The smallest absolute Gasteiger partial charge is 0.171 e. The highest BCUT2D eigenvalue weighted by Gasteiger charge is 2.16. The summed E-state index contributed by atoms with van der Waals surface area (Å²) in [4.78, 5) is 1.72. The second kappa shape index (κ2) is 3.18. The van der Waals surface area contributed by atoms with Crippen LogP contribution in [0.25, 0.3) is 0 Å². The summed E-state index contributed by atoms with van der Waals surface area (Å²) in [5.41, 5.74) is 0. The molecule has 0 spiro atoms. The molecule has 1 fully saturated rings. The van der Waals surface area contributed by atoms with Crippen LogP contribution in [0.3, 0.4) is 0 Å². The lowest BCUT2D eigenvalue weighted by Crippen LogP contribution is -2.32. The van der Waals surface area contributed by atoms with Crippen molar-refractivity contribution in [3.05, 3.63) is 5.82 Å². The SMILES string of the molecule is Cc1nnn(C2CCCNC2)n1. The molecule has 2 heterocycles. The molecule has 1 unspecified atom stereocenters. The average Bonchev–Trinajstić information content (AvgIpc) is 2.54. The summed E-state index contributed by atoms with van der Waals surface area (Å²) in [5.74, 6) is 0.751. The molecular weight excluding hydrogens is 154 g/mol. The summed E-state index contributed by atoms with van der Waals surface area (Å²) >= 11 is 0. The predicted molar refractivity (Wildman–Crippen MR) is 43.7 cm³/mol. The highest BCUT2D eigenvalue weighted by Crippen LogP contribution is 2.12. The molecule has 1 aromatic heterocycles. The van der Waals surface area contributed by atoms with Crippen molar-refractivity contribution in [1.29, 1.82) is 0 Å². The second-order valence-electron chi connectivity index (χ2n) is 3.16. The molecule has 0 amide bonds. The molecule has 1 atom stereocenters. The molecule has 1 aliphatic heterocycles. The van der Waals surface area contributed by atoms with Crippen LogP contribution in [0.15, 0.2) is 0 Å². The van der Waals surface area contributed by atoms with Gasteiger partial charge in [-0.15, -0.1) is 10.2 Å². The Hall–Kier alpha value is -0.970. The number of aromatic nitrogens is 4. The van der Waals surface area contributed by atoms with Gasteiger partial charge >= 0.3 is 0 Å². The van der Waals surface area contributed by atoms with Gasteiger partial charge in [-0.1, -0.05) is 0 Å². The molecule has 5 heteroatoms. The lowest BCUT2D eigenvalue weighted by molar-refractivity contribution is 0.313. The third-order valence-corrected chi connectivity index (χ3v) is 2.13. The zero-order valence-corrected chi connectivity index (χ0v) is 7.19. The Bertz CT molecular complexity index is 250. The van der Waals surface area contributed by atoms with Crippen molar-refractivity contribution >= 4 is 0 Å². The number of rotatable bonds is 1. The summed E-state index contributed by atoms with van der Waals surface area (Å²) in [7, 11) is 0. The van der Waals surface area contributed by atoms with Gasteiger partial charge in [0.05, 0.1) is 6.04 Å². The van der Waals surface area contributed by atoms with E-state index >= 15 is 0 Å². The lowest BCUT2D eigenvalue weighted by atomic mass is 10.1. The van der Waals surface area contributed by atoms with E-state index in [9.17, 15) is 0 Å². The Kier molecular flexibility index (Phi) is 2.03. The van der Waals surface area contributed by atoms with Crippen LogP contribution in [0.2, 0.25) is 0 Å². The summed E-state index contributed by atoms with van der Waals surface area (Å²) in [6.07, 6.45) is 2.36. The number of piperidine rings is 1. The quantitative estimate of drug-likeness (QED) is 0.635. The number of hydrogen-bond acceptors (Lipinski definition) is 4. The third kappa shape index (κ3) is 1.45. The van der Waals surface area contributed by atoms with E-state index in [1.807, 2.05) is 6.92 Å². The van der Waals surface area contributed by atoms with Crippen LogP contribution < -0.4 is 5.32 Å². The van der Waals surface area contributed by atoms with Gasteiger partial charge in [0.25, 0.3) is 0 Å². The van der Waals surface area contributed by atoms with Crippen LogP contribution >= 0.6 is 0 Å². The number of tetrazole rings is 1. The van der Waals surface area contributed by atoms with Crippen LogP contribution in [0.5, 0.6) is 0 Å². The van der Waals surface area contributed by atoms with Crippen LogP contribution in [-0.2, 0) is 0 Å². The number of nitrogens with zero attached hydrogens (tertiary/aromatic N) is 4. The zero-order chi connectivity index (χ0) is 8.39. The van der Waals surface area contributed by atoms with Crippen molar-refractivity contribution in [1.82, 2.24) is 25.5 Å². The van der Waals surface area contributed by atoms with Gasteiger partial charge in [0.2, 0.25) is 0 Å². The van der Waals surface area contributed by atoms with Crippen LogP contribution in [-0.4, -0.2) is 33.3 Å². The van der Waals surface area contributed by atoms with E-state index in [-0.39, 0.29) is 0 Å². The fourth-order valence-electron chi connectivity index (χ4n) is 1.48. The van der Waals surface area contributed by atoms with Gasteiger partial charge in [-0.2, -0.15) is 4.80 Å². The molecule has 0 aliphatic carbocycles. The normalized spacial score (nSPS) is 24.2. The number of nitrogens with one attached hydrogen (secondary N) is 1. The maximum Gasteiger partial charge on any atom is 0.171 e. The van der Waals surface area contributed by atoms with E-state index in [0.717, 1.165) is 25.3 Å². The number of aryl methyl sites for hydroxylation is 1. The van der Waals surface area contributed by atoms with Gasteiger partial charge in [-0.05, 0) is 31.5 Å². The zero-order valence-electron chi connectivity index (χ0n) is 7.19. The Morgan fingerprint density at radius 2 is 2.50 bits per heavy atom. The fraction of sp³-hybridized carbons (Fsp3) is 0.857. The van der Waals surface area contributed by atoms with Crippen molar-refractivity contribution in [2.24, 2.45) is 0 Å². The van der Waals surface area contributed by atoms with E-state index < -0.39 is 0 Å². The third-order valence-electron chi connectivity index (χ3n) is 2.13. The first-order valence-corrected chi connectivity index (χ1v) is 4.33. The Labute approximate surface area is 71.1 Å². The summed E-state index contributed by atoms with van der Waals surface area (Å²) in [6, 6.07) is 0.403. The Balaban J connectivity index is 2.08. The van der Waals surface area contributed by atoms with Gasteiger partial charge in [0.15, 0.2) is 5.82 Å². The topological polar surface area (TPSA) is 55.6 Å². The highest BCUT2D eigenvalue weighted by atomic mass is 15.6. The van der Waals surface area contributed by atoms with Gasteiger partial charge in [-0.25, -0.2) is 0 Å². The standard InChI is InChI=1S/C7H13N5/c1-6-9-11-12(10-6)7-3-2-4-8-5-7/h7-8H,2-5H2,1H3. The first kappa shape index (κ1) is 7.67. The molecular formula is C7H13N5. The van der Waals surface area contributed by atoms with Crippen LogP contribution in [0.4, 0.5) is 0 Å². The second-order valence-corrected chi connectivity index (χ2v) is 3.16. The van der Waals surface area contributed by atoms with Crippen molar-refractivity contribution in [3.63, 3.8) is 0 Å². The first-order chi connectivity index (χ1) is 5.86. The fourth-order valence-corrected chi connectivity index (χ4v) is 1.48. The Morgan fingerprint density at radius 3 is 3.08 bits per heavy atom. The summed E-state index contributed by atoms with van der Waals surface area (Å²) in [5, 5.41) is 15.3. The van der Waals surface area contributed by atoms with E-state index in [4.69, 9.17) is 0 Å². The molecule has 0 radical (unpaired) electrons. The largest absolute Gasteiger partial charge is 0.315 e. The van der Waals surface area contributed by atoms with E-state index in [1.54, 1.807) is 4.80 Å².